The fraction of sp³-hybridized carbons (Fsp3) is 1.00. The number of hydrogen-bond acceptors (Lipinski definition) is 5. The first-order valence-electron chi connectivity index (χ1n) is 7.99. The highest BCUT2D eigenvalue weighted by Gasteiger charge is 2.26. The molecule has 5 heteroatoms. The smallest absolute Gasteiger partial charge is 0.0897 e. The molecular weight excluding hydrogens is 258 g/mol. The molecule has 0 saturated carbocycles. The predicted molar refractivity (Wildman–Crippen MR) is 76.8 cm³/mol. The summed E-state index contributed by atoms with van der Waals surface area (Å²) < 4.78 is 16.6. The number of aliphatic hydroxyl groups excluding tert-OH is 1. The SMILES string of the molecule is CCC1OCCC1CNCC(O)COCC1CCCO1. The monoisotopic (exact) mass is 287 g/mol. The van der Waals surface area contributed by atoms with Crippen LogP contribution < -0.4 is 5.32 Å². The summed E-state index contributed by atoms with van der Waals surface area (Å²) in [5.74, 6) is 0.583. The van der Waals surface area contributed by atoms with E-state index in [9.17, 15) is 5.11 Å². The van der Waals surface area contributed by atoms with Gasteiger partial charge in [0.05, 0.1) is 31.5 Å². The highest BCUT2D eigenvalue weighted by Crippen LogP contribution is 2.22. The Bertz CT molecular complexity index is 258. The maximum absolute atomic E-state index is 9.86. The Labute approximate surface area is 122 Å². The van der Waals surface area contributed by atoms with Crippen molar-refractivity contribution in [1.82, 2.24) is 5.32 Å². The predicted octanol–water partition coefficient (Wildman–Crippen LogP) is 0.948. The molecule has 2 N–H and O–H groups in total. The first kappa shape index (κ1) is 16.2. The van der Waals surface area contributed by atoms with E-state index in [2.05, 4.69) is 12.2 Å². The fourth-order valence-electron chi connectivity index (χ4n) is 2.98. The largest absolute Gasteiger partial charge is 0.389 e. The van der Waals surface area contributed by atoms with Gasteiger partial charge in [0.25, 0.3) is 0 Å². The van der Waals surface area contributed by atoms with E-state index in [-0.39, 0.29) is 6.10 Å². The van der Waals surface area contributed by atoms with Crippen LogP contribution in [0.3, 0.4) is 0 Å². The third-order valence-corrected chi connectivity index (χ3v) is 4.17. The Hall–Kier alpha value is -0.200. The summed E-state index contributed by atoms with van der Waals surface area (Å²) in [6, 6.07) is 0. The Morgan fingerprint density at radius 3 is 2.95 bits per heavy atom. The summed E-state index contributed by atoms with van der Waals surface area (Å²) in [7, 11) is 0. The lowest BCUT2D eigenvalue weighted by Crippen LogP contribution is -2.36. The maximum atomic E-state index is 9.86. The lowest BCUT2D eigenvalue weighted by molar-refractivity contribution is -0.0167. The van der Waals surface area contributed by atoms with Gasteiger partial charge in [-0.05, 0) is 31.6 Å². The van der Waals surface area contributed by atoms with Crippen LogP contribution >= 0.6 is 0 Å². The molecule has 118 valence electrons. The Balaban J connectivity index is 1.48. The molecule has 2 saturated heterocycles. The minimum atomic E-state index is -0.446. The van der Waals surface area contributed by atoms with Gasteiger partial charge in [-0.15, -0.1) is 0 Å². The highest BCUT2D eigenvalue weighted by atomic mass is 16.5. The van der Waals surface area contributed by atoms with Crippen molar-refractivity contribution in [2.24, 2.45) is 5.92 Å². The van der Waals surface area contributed by atoms with Crippen molar-refractivity contribution in [2.45, 2.75) is 50.9 Å². The van der Waals surface area contributed by atoms with Crippen molar-refractivity contribution in [3.05, 3.63) is 0 Å². The number of ether oxygens (including phenoxy) is 3. The van der Waals surface area contributed by atoms with Crippen LogP contribution in [0.15, 0.2) is 0 Å². The molecule has 5 nitrogen and oxygen atoms in total. The molecule has 0 bridgehead atoms. The minimum Gasteiger partial charge on any atom is -0.389 e. The van der Waals surface area contributed by atoms with Crippen LogP contribution in [0, 0.1) is 5.92 Å². The zero-order valence-corrected chi connectivity index (χ0v) is 12.6. The summed E-state index contributed by atoms with van der Waals surface area (Å²) in [5.41, 5.74) is 0. The van der Waals surface area contributed by atoms with Crippen molar-refractivity contribution in [1.29, 1.82) is 0 Å². The van der Waals surface area contributed by atoms with Gasteiger partial charge in [0.15, 0.2) is 0 Å². The molecule has 4 unspecified atom stereocenters. The van der Waals surface area contributed by atoms with Gasteiger partial charge in [-0.25, -0.2) is 0 Å². The summed E-state index contributed by atoms with van der Waals surface area (Å²) >= 11 is 0. The standard InChI is InChI=1S/C15H29NO4/c1-2-15-12(5-7-20-15)8-16-9-13(17)10-18-11-14-4-3-6-19-14/h12-17H,2-11H2,1H3. The van der Waals surface area contributed by atoms with Crippen molar-refractivity contribution < 1.29 is 19.3 Å². The quantitative estimate of drug-likeness (QED) is 0.661. The summed E-state index contributed by atoms with van der Waals surface area (Å²) in [5, 5.41) is 13.2. The van der Waals surface area contributed by atoms with E-state index in [1.807, 2.05) is 0 Å². The fourth-order valence-corrected chi connectivity index (χ4v) is 2.98. The van der Waals surface area contributed by atoms with E-state index in [1.165, 1.54) is 0 Å². The zero-order valence-electron chi connectivity index (χ0n) is 12.6. The van der Waals surface area contributed by atoms with Crippen LogP contribution in [0.4, 0.5) is 0 Å². The third-order valence-electron chi connectivity index (χ3n) is 4.17. The summed E-state index contributed by atoms with van der Waals surface area (Å²) in [6.45, 7) is 6.37. The molecule has 20 heavy (non-hydrogen) atoms. The van der Waals surface area contributed by atoms with Crippen LogP contribution in [0.25, 0.3) is 0 Å². The van der Waals surface area contributed by atoms with Gasteiger partial charge < -0.3 is 24.6 Å². The van der Waals surface area contributed by atoms with E-state index < -0.39 is 6.10 Å². The van der Waals surface area contributed by atoms with Gasteiger partial charge in [-0.2, -0.15) is 0 Å². The second kappa shape index (κ2) is 8.95. The molecule has 2 aliphatic rings. The first-order chi connectivity index (χ1) is 9.79. The number of nitrogens with one attached hydrogen (secondary N) is 1. The van der Waals surface area contributed by atoms with E-state index in [0.717, 1.165) is 45.4 Å². The van der Waals surface area contributed by atoms with Crippen LogP contribution in [0.2, 0.25) is 0 Å². The third kappa shape index (κ3) is 5.30. The number of rotatable bonds is 9. The molecule has 4 atom stereocenters. The first-order valence-corrected chi connectivity index (χ1v) is 7.99. The minimum absolute atomic E-state index is 0.233. The average Bonchev–Trinajstić information content (AvgIpc) is 3.09. The molecule has 0 aromatic carbocycles. The molecule has 2 rings (SSSR count). The van der Waals surface area contributed by atoms with Crippen LogP contribution in [0.1, 0.15) is 32.6 Å². The van der Waals surface area contributed by atoms with Gasteiger partial charge in [0.1, 0.15) is 0 Å². The molecule has 0 aromatic rings. The lowest BCUT2D eigenvalue weighted by Gasteiger charge is -2.19. The maximum Gasteiger partial charge on any atom is 0.0897 e. The van der Waals surface area contributed by atoms with Crippen LogP contribution in [0.5, 0.6) is 0 Å². The Morgan fingerprint density at radius 1 is 1.30 bits per heavy atom. The number of aliphatic hydroxyl groups is 1. The molecule has 2 aliphatic heterocycles. The lowest BCUT2D eigenvalue weighted by atomic mass is 10.00. The van der Waals surface area contributed by atoms with Gasteiger partial charge in [-0.1, -0.05) is 6.92 Å². The van der Waals surface area contributed by atoms with E-state index in [4.69, 9.17) is 14.2 Å². The van der Waals surface area contributed by atoms with Crippen molar-refractivity contribution in [3.8, 4) is 0 Å². The van der Waals surface area contributed by atoms with Crippen LogP contribution in [-0.2, 0) is 14.2 Å². The summed E-state index contributed by atoms with van der Waals surface area (Å²) in [6.07, 6.45) is 4.57. The second-order valence-corrected chi connectivity index (χ2v) is 5.85. The van der Waals surface area contributed by atoms with Crippen LogP contribution in [-0.4, -0.2) is 62.9 Å². The van der Waals surface area contributed by atoms with E-state index >= 15 is 0 Å². The Kier molecular flexibility index (Phi) is 7.24. The molecule has 0 spiro atoms. The van der Waals surface area contributed by atoms with Gasteiger partial charge in [0, 0.05) is 26.3 Å². The highest BCUT2D eigenvalue weighted by molar-refractivity contribution is 4.77. The van der Waals surface area contributed by atoms with Gasteiger partial charge in [0.2, 0.25) is 0 Å². The molecule has 0 aromatic heterocycles. The average molecular weight is 287 g/mol. The van der Waals surface area contributed by atoms with Gasteiger partial charge >= 0.3 is 0 Å². The second-order valence-electron chi connectivity index (χ2n) is 5.85. The molecule has 2 fully saturated rings. The van der Waals surface area contributed by atoms with Gasteiger partial charge in [-0.3, -0.25) is 0 Å². The molecule has 0 amide bonds. The van der Waals surface area contributed by atoms with Crippen molar-refractivity contribution in [3.63, 3.8) is 0 Å². The molecule has 2 heterocycles. The molecule has 0 radical (unpaired) electrons. The van der Waals surface area contributed by atoms with Crippen molar-refractivity contribution in [2.75, 3.05) is 39.5 Å². The Morgan fingerprint density at radius 2 is 2.20 bits per heavy atom. The van der Waals surface area contributed by atoms with Crippen molar-refractivity contribution >= 4 is 0 Å². The topological polar surface area (TPSA) is 60.0 Å². The summed E-state index contributed by atoms with van der Waals surface area (Å²) in [4.78, 5) is 0. The molecule has 0 aliphatic carbocycles. The normalized spacial score (nSPS) is 31.8. The molecular formula is C15H29NO4. The van der Waals surface area contributed by atoms with E-state index in [0.29, 0.717) is 31.8 Å². The van der Waals surface area contributed by atoms with E-state index in [1.54, 1.807) is 0 Å². The number of hydrogen-bond donors (Lipinski definition) is 2. The zero-order chi connectivity index (χ0) is 14.2.